The fourth-order valence-electron chi connectivity index (χ4n) is 0.750. The lowest BCUT2D eigenvalue weighted by Crippen LogP contribution is -2.10. The molecule has 0 heterocycles. The van der Waals surface area contributed by atoms with Crippen molar-refractivity contribution in [2.45, 2.75) is 26.2 Å². The smallest absolute Gasteiger partial charge is 0.0629 e. The topological polar surface area (TPSA) is 0 Å². The quantitative estimate of drug-likeness (QED) is 0.599. The Morgan fingerprint density at radius 1 is 1.42 bits per heavy atom. The van der Waals surface area contributed by atoms with Crippen LogP contribution in [-0.2, 0) is 5.41 Å². The molecule has 0 N–H and O–H groups in total. The lowest BCUT2D eigenvalue weighted by atomic mass is 9.87. The van der Waals surface area contributed by atoms with Crippen LogP contribution in [-0.4, -0.2) is 0 Å². The predicted molar refractivity (Wildman–Crippen MR) is 55.2 cm³/mol. The van der Waals surface area contributed by atoms with E-state index < -0.39 is 18.0 Å². The van der Waals surface area contributed by atoms with Crippen molar-refractivity contribution in [3.8, 4) is 0 Å². The lowest BCUT2D eigenvalue weighted by Gasteiger charge is -2.18. The lowest BCUT2D eigenvalue weighted by molar-refractivity contribution is 0.590. The van der Waals surface area contributed by atoms with Gasteiger partial charge >= 0.3 is 0 Å². The van der Waals surface area contributed by atoms with Crippen molar-refractivity contribution >= 4 is 6.05 Å². The molecule has 0 aliphatic carbocycles. The Morgan fingerprint density at radius 3 is 2.42 bits per heavy atom. The van der Waals surface area contributed by atoms with Gasteiger partial charge in [0.15, 0.2) is 0 Å². The standard InChI is InChI=1S/C12H16/c1-5-10-6-8-11(9-7-10)12(2,3)4/h5-9H,1H2,2-4H3/i1D2,5D,6D,7D,8D,9D. The SMILES string of the molecule is [2H]C([2H])=C([2H])c1c([2H])c([2H])c(C(C)(C)C)c([2H])c1[2H]. The van der Waals surface area contributed by atoms with Gasteiger partial charge in [0.05, 0.1) is 9.60 Å². The highest BCUT2D eigenvalue weighted by molar-refractivity contribution is 5.47. The summed E-state index contributed by atoms with van der Waals surface area (Å²) in [5.41, 5.74) is -0.576. The fraction of sp³-hybridized carbons (Fsp3) is 0.333. The molecule has 0 heteroatoms. The molecule has 0 saturated heterocycles. The largest absolute Gasteiger partial charge is 0.0985 e. The van der Waals surface area contributed by atoms with Gasteiger partial charge in [0.25, 0.3) is 0 Å². The summed E-state index contributed by atoms with van der Waals surface area (Å²) in [6.45, 7) is 4.53. The van der Waals surface area contributed by atoms with Crippen LogP contribution in [0.1, 0.15) is 41.5 Å². The van der Waals surface area contributed by atoms with E-state index in [1.165, 1.54) is 0 Å². The van der Waals surface area contributed by atoms with Crippen molar-refractivity contribution in [2.75, 3.05) is 0 Å². The highest BCUT2D eigenvalue weighted by Gasteiger charge is 2.12. The van der Waals surface area contributed by atoms with Crippen molar-refractivity contribution in [2.24, 2.45) is 0 Å². The summed E-state index contributed by atoms with van der Waals surface area (Å²) >= 11 is 0. The predicted octanol–water partition coefficient (Wildman–Crippen LogP) is 3.63. The molecule has 0 bridgehead atoms. The van der Waals surface area contributed by atoms with Gasteiger partial charge in [0.1, 0.15) is 0 Å². The highest BCUT2D eigenvalue weighted by atomic mass is 14.2. The first kappa shape index (κ1) is 3.37. The number of rotatable bonds is 1. The Morgan fingerprint density at radius 2 is 2.00 bits per heavy atom. The molecule has 1 aromatic carbocycles. The molecule has 0 aliphatic rings. The van der Waals surface area contributed by atoms with Gasteiger partial charge < -0.3 is 0 Å². The summed E-state index contributed by atoms with van der Waals surface area (Å²) < 4.78 is 53.4. The van der Waals surface area contributed by atoms with Crippen molar-refractivity contribution < 1.29 is 9.60 Å². The van der Waals surface area contributed by atoms with Crippen LogP contribution in [0.2, 0.25) is 0 Å². The Kier molecular flexibility index (Phi) is 0.882. The van der Waals surface area contributed by atoms with Crippen LogP contribution in [0.15, 0.2) is 30.7 Å². The summed E-state index contributed by atoms with van der Waals surface area (Å²) in [4.78, 5) is 0. The van der Waals surface area contributed by atoms with E-state index >= 15 is 0 Å². The molecule has 12 heavy (non-hydrogen) atoms. The minimum absolute atomic E-state index is 0.213. The van der Waals surface area contributed by atoms with E-state index in [0.29, 0.717) is 0 Å². The van der Waals surface area contributed by atoms with Gasteiger partial charge in [-0.3, -0.25) is 0 Å². The number of hydrogen-bond acceptors (Lipinski definition) is 0. The molecule has 1 aromatic rings. The zero-order valence-electron chi connectivity index (χ0n) is 14.5. The van der Waals surface area contributed by atoms with Gasteiger partial charge in [0.2, 0.25) is 0 Å². The maximum absolute atomic E-state index is 7.94. The van der Waals surface area contributed by atoms with E-state index in [0.717, 1.165) is 0 Å². The van der Waals surface area contributed by atoms with Crippen LogP contribution in [0.3, 0.4) is 0 Å². The van der Waals surface area contributed by atoms with E-state index in [2.05, 4.69) is 0 Å². The molecular weight excluding hydrogens is 144 g/mol. The molecule has 0 aliphatic heterocycles. The number of benzene rings is 1. The monoisotopic (exact) mass is 167 g/mol. The van der Waals surface area contributed by atoms with Crippen molar-refractivity contribution in [1.29, 1.82) is 0 Å². The molecule has 0 unspecified atom stereocenters. The summed E-state index contributed by atoms with van der Waals surface area (Å²) in [6.07, 6.45) is 0. The maximum atomic E-state index is 7.94. The molecule has 0 atom stereocenters. The molecule has 0 fully saturated rings. The molecule has 0 aromatic heterocycles. The third-order valence-corrected chi connectivity index (χ3v) is 1.50. The van der Waals surface area contributed by atoms with Crippen LogP contribution in [0.25, 0.3) is 6.05 Å². The van der Waals surface area contributed by atoms with Gasteiger partial charge in [0, 0.05) is 0 Å². The summed E-state index contributed by atoms with van der Waals surface area (Å²) in [6, 6.07) is -1.76. The Hall–Kier alpha value is -1.04. The van der Waals surface area contributed by atoms with Crippen LogP contribution in [0, 0.1) is 0 Å². The first-order valence-corrected chi connectivity index (χ1v) is 3.75. The van der Waals surface area contributed by atoms with Crippen LogP contribution >= 0.6 is 0 Å². The van der Waals surface area contributed by atoms with E-state index in [-0.39, 0.29) is 35.3 Å². The first-order chi connectivity index (χ1) is 8.50. The van der Waals surface area contributed by atoms with Crippen LogP contribution in [0.5, 0.6) is 0 Å². The minimum atomic E-state index is -0.829. The van der Waals surface area contributed by atoms with E-state index in [1.54, 1.807) is 20.8 Å². The van der Waals surface area contributed by atoms with Gasteiger partial charge in [-0.2, -0.15) is 0 Å². The number of hydrogen-bond donors (Lipinski definition) is 0. The fourth-order valence-corrected chi connectivity index (χ4v) is 0.750. The molecule has 0 saturated carbocycles. The molecule has 0 spiro atoms. The first-order valence-electron chi connectivity index (χ1n) is 7.25. The molecule has 64 valence electrons. The zero-order chi connectivity index (χ0) is 15.1. The maximum Gasteiger partial charge on any atom is 0.0629 e. The third kappa shape index (κ3) is 1.97. The molecule has 0 radical (unpaired) electrons. The molecular formula is C12H16. The zero-order valence-corrected chi connectivity index (χ0v) is 7.50. The second-order valence-corrected chi connectivity index (χ2v) is 3.62. The van der Waals surface area contributed by atoms with Gasteiger partial charge in [-0.25, -0.2) is 0 Å². The molecule has 0 nitrogen and oxygen atoms in total. The van der Waals surface area contributed by atoms with Crippen molar-refractivity contribution in [1.82, 2.24) is 0 Å². The summed E-state index contributed by atoms with van der Waals surface area (Å²) in [5.74, 6) is 0. The second kappa shape index (κ2) is 3.14. The second-order valence-electron chi connectivity index (χ2n) is 3.62. The highest BCUT2D eigenvalue weighted by Crippen LogP contribution is 2.22. The van der Waals surface area contributed by atoms with E-state index in [4.69, 9.17) is 9.60 Å². The summed E-state index contributed by atoms with van der Waals surface area (Å²) in [5, 5.41) is 0. The van der Waals surface area contributed by atoms with Gasteiger partial charge in [-0.05, 0) is 16.5 Å². The molecule has 0 amide bonds. The third-order valence-electron chi connectivity index (χ3n) is 1.50. The van der Waals surface area contributed by atoms with E-state index in [1.807, 2.05) is 0 Å². The minimum Gasteiger partial charge on any atom is -0.0985 e. The van der Waals surface area contributed by atoms with Crippen molar-refractivity contribution in [3.05, 3.63) is 41.8 Å². The Bertz CT molecular complexity index is 519. The van der Waals surface area contributed by atoms with Crippen molar-refractivity contribution in [3.63, 3.8) is 0 Å². The van der Waals surface area contributed by atoms with Crippen LogP contribution in [0.4, 0.5) is 0 Å². The molecule has 1 rings (SSSR count). The Balaban J connectivity index is 3.82. The Labute approximate surface area is 84.8 Å². The summed E-state index contributed by atoms with van der Waals surface area (Å²) in [7, 11) is 0. The van der Waals surface area contributed by atoms with Crippen LogP contribution < -0.4 is 0 Å². The van der Waals surface area contributed by atoms with Gasteiger partial charge in [-0.15, -0.1) is 0 Å². The average molecular weight is 167 g/mol. The normalized spacial score (nSPS) is 19.1. The average Bonchev–Trinajstić information content (AvgIpc) is 2.24. The van der Waals surface area contributed by atoms with E-state index in [9.17, 15) is 0 Å². The van der Waals surface area contributed by atoms with Gasteiger partial charge in [-0.1, -0.05) is 57.5 Å².